The van der Waals surface area contributed by atoms with Crippen LogP contribution in [0.25, 0.3) is 0 Å². The highest BCUT2D eigenvalue weighted by atomic mass is 32.2. The highest BCUT2D eigenvalue weighted by Crippen LogP contribution is 2.38. The molecule has 0 saturated carbocycles. The molecule has 0 bridgehead atoms. The Morgan fingerprint density at radius 1 is 1.20 bits per heavy atom. The number of carbonyl (C=O) groups is 2. The van der Waals surface area contributed by atoms with Crippen LogP contribution in [0, 0.1) is 0 Å². The van der Waals surface area contributed by atoms with Gasteiger partial charge in [0.05, 0.1) is 6.04 Å². The molecule has 1 aromatic carbocycles. The molecule has 3 heterocycles. The van der Waals surface area contributed by atoms with Crippen molar-refractivity contribution in [2.45, 2.75) is 25.3 Å². The highest BCUT2D eigenvalue weighted by molar-refractivity contribution is 8.13. The van der Waals surface area contributed by atoms with Crippen LogP contribution in [0.4, 0.5) is 4.79 Å². The largest absolute Gasteiger partial charge is 0.486 e. The van der Waals surface area contributed by atoms with Gasteiger partial charge in [0.1, 0.15) is 13.2 Å². The lowest BCUT2D eigenvalue weighted by molar-refractivity contribution is -0.132. The quantitative estimate of drug-likeness (QED) is 0.824. The van der Waals surface area contributed by atoms with E-state index in [2.05, 4.69) is 0 Å². The molecule has 6 nitrogen and oxygen atoms in total. The SMILES string of the molecule is O=C1SCCN1CCC(=O)N1CCC[C@@H]1c1ccc2c(c1)OCCO2. The van der Waals surface area contributed by atoms with Crippen molar-refractivity contribution in [2.75, 3.05) is 38.6 Å². The van der Waals surface area contributed by atoms with Gasteiger partial charge in [-0.15, -0.1) is 0 Å². The van der Waals surface area contributed by atoms with Gasteiger partial charge in [-0.2, -0.15) is 0 Å². The van der Waals surface area contributed by atoms with E-state index in [1.807, 2.05) is 23.1 Å². The Bertz CT molecular complexity index is 681. The summed E-state index contributed by atoms with van der Waals surface area (Å²) < 4.78 is 11.2. The summed E-state index contributed by atoms with van der Waals surface area (Å²) in [5, 5.41) is 0.0950. The van der Waals surface area contributed by atoms with Crippen LogP contribution in [-0.4, -0.2) is 59.5 Å². The van der Waals surface area contributed by atoms with Crippen LogP contribution >= 0.6 is 11.8 Å². The number of hydrogen-bond acceptors (Lipinski definition) is 5. The Morgan fingerprint density at radius 2 is 2.04 bits per heavy atom. The van der Waals surface area contributed by atoms with Crippen LogP contribution in [0.5, 0.6) is 11.5 Å². The van der Waals surface area contributed by atoms with Crippen molar-refractivity contribution in [1.29, 1.82) is 0 Å². The third kappa shape index (κ3) is 3.42. The van der Waals surface area contributed by atoms with Crippen molar-refractivity contribution < 1.29 is 19.1 Å². The number of likely N-dealkylation sites (tertiary alicyclic amines) is 1. The molecular weight excluding hydrogens is 340 g/mol. The van der Waals surface area contributed by atoms with Crippen molar-refractivity contribution >= 4 is 22.9 Å². The molecule has 0 aliphatic carbocycles. The lowest BCUT2D eigenvalue weighted by Crippen LogP contribution is -2.34. The summed E-state index contributed by atoms with van der Waals surface area (Å²) in [6.45, 7) is 3.19. The van der Waals surface area contributed by atoms with Gasteiger partial charge >= 0.3 is 0 Å². The minimum absolute atomic E-state index is 0.0898. The molecule has 3 aliphatic rings. The van der Waals surface area contributed by atoms with Gasteiger partial charge in [-0.1, -0.05) is 17.8 Å². The number of carbonyl (C=O) groups excluding carboxylic acids is 2. The van der Waals surface area contributed by atoms with E-state index in [4.69, 9.17) is 9.47 Å². The Kier molecular flexibility index (Phi) is 4.74. The summed E-state index contributed by atoms with van der Waals surface area (Å²) >= 11 is 1.34. The molecule has 134 valence electrons. The normalized spacial score (nSPS) is 22.6. The molecule has 2 fully saturated rings. The first-order valence-corrected chi connectivity index (χ1v) is 9.81. The third-order valence-electron chi connectivity index (χ3n) is 4.96. The highest BCUT2D eigenvalue weighted by Gasteiger charge is 2.31. The first-order valence-electron chi connectivity index (χ1n) is 8.83. The van der Waals surface area contributed by atoms with Crippen LogP contribution in [0.15, 0.2) is 18.2 Å². The summed E-state index contributed by atoms with van der Waals surface area (Å²) in [5.41, 5.74) is 1.10. The van der Waals surface area contributed by atoms with Crippen molar-refractivity contribution in [3.8, 4) is 11.5 Å². The molecule has 0 spiro atoms. The summed E-state index contributed by atoms with van der Waals surface area (Å²) in [5.74, 6) is 2.50. The number of rotatable bonds is 4. The van der Waals surface area contributed by atoms with Gasteiger partial charge in [-0.3, -0.25) is 9.59 Å². The lowest BCUT2D eigenvalue weighted by atomic mass is 10.0. The average Bonchev–Trinajstić information content (AvgIpc) is 3.28. The fourth-order valence-electron chi connectivity index (χ4n) is 3.68. The summed E-state index contributed by atoms with van der Waals surface area (Å²) in [7, 11) is 0. The molecule has 0 aromatic heterocycles. The maximum absolute atomic E-state index is 12.7. The van der Waals surface area contributed by atoms with E-state index in [1.54, 1.807) is 4.90 Å². The van der Waals surface area contributed by atoms with Crippen molar-refractivity contribution in [3.05, 3.63) is 23.8 Å². The van der Waals surface area contributed by atoms with Gasteiger partial charge in [-0.25, -0.2) is 0 Å². The Labute approximate surface area is 151 Å². The van der Waals surface area contributed by atoms with Crippen LogP contribution in [0.2, 0.25) is 0 Å². The summed E-state index contributed by atoms with van der Waals surface area (Å²) in [4.78, 5) is 28.1. The van der Waals surface area contributed by atoms with Crippen LogP contribution in [0.3, 0.4) is 0 Å². The van der Waals surface area contributed by atoms with E-state index in [9.17, 15) is 9.59 Å². The molecule has 25 heavy (non-hydrogen) atoms. The molecule has 1 atom stereocenters. The van der Waals surface area contributed by atoms with Crippen molar-refractivity contribution in [2.24, 2.45) is 0 Å². The topological polar surface area (TPSA) is 59.1 Å². The number of ether oxygens (including phenoxy) is 2. The number of thioether (sulfide) groups is 1. The number of nitrogens with zero attached hydrogens (tertiary/aromatic N) is 2. The molecule has 0 unspecified atom stereocenters. The van der Waals surface area contributed by atoms with Gasteiger partial charge in [0.15, 0.2) is 11.5 Å². The maximum atomic E-state index is 12.7. The first-order chi connectivity index (χ1) is 12.2. The predicted molar refractivity (Wildman–Crippen MR) is 95.2 cm³/mol. The minimum Gasteiger partial charge on any atom is -0.486 e. The van der Waals surface area contributed by atoms with Crippen LogP contribution < -0.4 is 9.47 Å². The summed E-state index contributed by atoms with van der Waals surface area (Å²) in [6.07, 6.45) is 2.36. The van der Waals surface area contributed by atoms with Crippen LogP contribution in [0.1, 0.15) is 30.9 Å². The second-order valence-corrected chi connectivity index (χ2v) is 7.55. The van der Waals surface area contributed by atoms with Gasteiger partial charge in [0.2, 0.25) is 5.91 Å². The van der Waals surface area contributed by atoms with Gasteiger partial charge in [0, 0.05) is 31.8 Å². The average molecular weight is 362 g/mol. The number of hydrogen-bond donors (Lipinski definition) is 0. The number of fused-ring (bicyclic) bond motifs is 1. The Morgan fingerprint density at radius 3 is 2.84 bits per heavy atom. The number of benzene rings is 1. The van der Waals surface area contributed by atoms with E-state index < -0.39 is 0 Å². The second-order valence-electron chi connectivity index (χ2n) is 6.50. The van der Waals surface area contributed by atoms with E-state index >= 15 is 0 Å². The molecule has 0 radical (unpaired) electrons. The van der Waals surface area contributed by atoms with Crippen LogP contribution in [-0.2, 0) is 4.79 Å². The predicted octanol–water partition coefficient (Wildman–Crippen LogP) is 2.68. The zero-order valence-electron chi connectivity index (χ0n) is 14.1. The molecule has 7 heteroatoms. The first kappa shape index (κ1) is 16.6. The molecular formula is C18H22N2O4S. The molecule has 4 rings (SSSR count). The van der Waals surface area contributed by atoms with E-state index in [1.165, 1.54) is 11.8 Å². The molecule has 1 aromatic rings. The lowest BCUT2D eigenvalue weighted by Gasteiger charge is -2.27. The van der Waals surface area contributed by atoms with Gasteiger partial charge in [0.25, 0.3) is 5.24 Å². The van der Waals surface area contributed by atoms with E-state index in [0.29, 0.717) is 26.2 Å². The second kappa shape index (κ2) is 7.15. The molecule has 0 N–H and O–H groups in total. The minimum atomic E-state index is 0.0898. The standard InChI is InChI=1S/C18H22N2O4S/c21-17(5-7-19-8-11-25-18(19)22)20-6-1-2-14(20)13-3-4-15-16(12-13)24-10-9-23-15/h3-4,12,14H,1-2,5-11H2/t14-/m1/s1. The fourth-order valence-corrected chi connectivity index (χ4v) is 4.53. The third-order valence-corrected chi connectivity index (χ3v) is 5.86. The van der Waals surface area contributed by atoms with Crippen molar-refractivity contribution in [1.82, 2.24) is 9.80 Å². The molecule has 2 saturated heterocycles. The van der Waals surface area contributed by atoms with E-state index in [0.717, 1.165) is 48.7 Å². The van der Waals surface area contributed by atoms with E-state index in [-0.39, 0.29) is 17.2 Å². The molecule has 2 amide bonds. The molecule has 3 aliphatic heterocycles. The van der Waals surface area contributed by atoms with Gasteiger partial charge < -0.3 is 19.3 Å². The van der Waals surface area contributed by atoms with Gasteiger partial charge in [-0.05, 0) is 30.5 Å². The monoisotopic (exact) mass is 362 g/mol. The number of amides is 2. The fraction of sp³-hybridized carbons (Fsp3) is 0.556. The smallest absolute Gasteiger partial charge is 0.281 e. The maximum Gasteiger partial charge on any atom is 0.281 e. The Hall–Kier alpha value is -1.89. The Balaban J connectivity index is 1.43. The zero-order chi connectivity index (χ0) is 17.2. The van der Waals surface area contributed by atoms with Crippen molar-refractivity contribution in [3.63, 3.8) is 0 Å². The zero-order valence-corrected chi connectivity index (χ0v) is 14.9. The summed E-state index contributed by atoms with van der Waals surface area (Å²) in [6, 6.07) is 6.06.